The van der Waals surface area contributed by atoms with Crippen molar-refractivity contribution in [2.75, 3.05) is 0 Å². The van der Waals surface area contributed by atoms with Crippen LogP contribution in [0, 0.1) is 0 Å². The Morgan fingerprint density at radius 3 is 3.00 bits per heavy atom. The molecule has 0 radical (unpaired) electrons. The first-order chi connectivity index (χ1) is 8.74. The number of aromatic amines is 1. The lowest BCUT2D eigenvalue weighted by molar-refractivity contribution is 0.765. The summed E-state index contributed by atoms with van der Waals surface area (Å²) in [5.74, 6) is 0.720. The van der Waals surface area contributed by atoms with Gasteiger partial charge in [0.15, 0.2) is 5.16 Å². The minimum Gasteiger partial charge on any atom is -0.273 e. The Labute approximate surface area is 111 Å². The molecule has 3 aromatic rings. The zero-order valence-electron chi connectivity index (χ0n) is 9.58. The van der Waals surface area contributed by atoms with Gasteiger partial charge < -0.3 is 0 Å². The molecule has 0 saturated carbocycles. The maximum Gasteiger partial charge on any atom is 0.343 e. The number of hydrogen-bond acceptors (Lipinski definition) is 5. The molecule has 0 saturated heterocycles. The smallest absolute Gasteiger partial charge is 0.273 e. The molecule has 0 aliphatic heterocycles. The van der Waals surface area contributed by atoms with E-state index in [0.717, 1.165) is 16.3 Å². The molecule has 0 amide bonds. The van der Waals surface area contributed by atoms with Gasteiger partial charge in [0.25, 0.3) is 0 Å². The number of fused-ring (bicyclic) bond motifs is 1. The van der Waals surface area contributed by atoms with Gasteiger partial charge in [-0.2, -0.15) is 0 Å². The van der Waals surface area contributed by atoms with E-state index in [9.17, 15) is 4.79 Å². The first kappa shape index (κ1) is 11.5. The van der Waals surface area contributed by atoms with Crippen molar-refractivity contribution in [3.63, 3.8) is 0 Å². The van der Waals surface area contributed by atoms with E-state index in [2.05, 4.69) is 21.2 Å². The van der Waals surface area contributed by atoms with E-state index in [1.807, 2.05) is 18.2 Å². The highest BCUT2D eigenvalue weighted by atomic mass is 32.2. The fraction of sp³-hybridized carbons (Fsp3) is 0.182. The Hall–Kier alpha value is -1.60. The second-order valence-corrected chi connectivity index (χ2v) is 5.79. The van der Waals surface area contributed by atoms with E-state index in [0.29, 0.717) is 5.16 Å². The lowest BCUT2D eigenvalue weighted by atomic mass is 10.3. The second kappa shape index (κ2) is 4.58. The van der Waals surface area contributed by atoms with E-state index < -0.39 is 0 Å². The van der Waals surface area contributed by atoms with Crippen LogP contribution in [0.5, 0.6) is 0 Å². The Morgan fingerprint density at radius 2 is 2.28 bits per heavy atom. The molecule has 2 heterocycles. The molecule has 1 aromatic carbocycles. The van der Waals surface area contributed by atoms with E-state index in [-0.39, 0.29) is 5.69 Å². The molecule has 5 nitrogen and oxygen atoms in total. The predicted molar refractivity (Wildman–Crippen MR) is 73.0 cm³/mol. The molecule has 0 atom stereocenters. The summed E-state index contributed by atoms with van der Waals surface area (Å²) in [5.41, 5.74) is 0.829. The molecule has 0 spiro atoms. The van der Waals surface area contributed by atoms with Crippen LogP contribution >= 0.6 is 23.1 Å². The SMILES string of the molecule is Cn1c(SCc2nc3ccccc3s2)n[nH]c1=O. The normalized spacial score (nSPS) is 11.2. The molecule has 18 heavy (non-hydrogen) atoms. The quantitative estimate of drug-likeness (QED) is 0.744. The van der Waals surface area contributed by atoms with Gasteiger partial charge in [0.05, 0.1) is 16.0 Å². The molecular weight excluding hydrogens is 268 g/mol. The molecule has 92 valence electrons. The van der Waals surface area contributed by atoms with Crippen molar-refractivity contribution in [2.24, 2.45) is 7.05 Å². The Morgan fingerprint density at radius 1 is 1.44 bits per heavy atom. The number of rotatable bonds is 3. The highest BCUT2D eigenvalue weighted by molar-refractivity contribution is 7.98. The fourth-order valence-electron chi connectivity index (χ4n) is 1.57. The van der Waals surface area contributed by atoms with Crippen LogP contribution < -0.4 is 5.69 Å². The molecule has 0 unspecified atom stereocenters. The molecule has 0 aliphatic rings. The minimum absolute atomic E-state index is 0.193. The predicted octanol–water partition coefficient (Wildman–Crippen LogP) is 2.01. The second-order valence-electron chi connectivity index (χ2n) is 3.73. The molecule has 1 N–H and O–H groups in total. The standard InChI is InChI=1S/C11H10N4OS2/c1-15-10(16)13-14-11(15)17-6-9-12-7-4-2-3-5-8(7)18-9/h2-5H,6H2,1H3,(H,13,16). The average Bonchev–Trinajstić information content (AvgIpc) is 2.92. The van der Waals surface area contributed by atoms with Crippen LogP contribution in [-0.2, 0) is 12.8 Å². The molecule has 2 aromatic heterocycles. The maximum atomic E-state index is 11.2. The third kappa shape index (κ3) is 2.06. The maximum absolute atomic E-state index is 11.2. The van der Waals surface area contributed by atoms with Crippen LogP contribution in [0.4, 0.5) is 0 Å². The van der Waals surface area contributed by atoms with Gasteiger partial charge in [-0.15, -0.1) is 16.4 Å². The minimum atomic E-state index is -0.193. The summed E-state index contributed by atoms with van der Waals surface area (Å²) >= 11 is 3.18. The van der Waals surface area contributed by atoms with E-state index in [1.54, 1.807) is 18.4 Å². The van der Waals surface area contributed by atoms with Gasteiger partial charge in [0.2, 0.25) is 0 Å². The monoisotopic (exact) mass is 278 g/mol. The van der Waals surface area contributed by atoms with Gasteiger partial charge in [-0.05, 0) is 12.1 Å². The molecule has 0 aliphatic carbocycles. The number of hydrogen-bond donors (Lipinski definition) is 1. The average molecular weight is 278 g/mol. The first-order valence-electron chi connectivity index (χ1n) is 5.32. The van der Waals surface area contributed by atoms with Crippen LogP contribution in [0.25, 0.3) is 10.2 Å². The number of thiazole rings is 1. The zero-order chi connectivity index (χ0) is 12.5. The third-order valence-corrected chi connectivity index (χ3v) is 4.76. The van der Waals surface area contributed by atoms with E-state index >= 15 is 0 Å². The summed E-state index contributed by atoms with van der Waals surface area (Å²) in [6.07, 6.45) is 0. The largest absolute Gasteiger partial charge is 0.343 e. The van der Waals surface area contributed by atoms with Gasteiger partial charge >= 0.3 is 5.69 Å². The van der Waals surface area contributed by atoms with E-state index in [1.165, 1.54) is 21.0 Å². The molecule has 7 heteroatoms. The summed E-state index contributed by atoms with van der Waals surface area (Å²) in [5, 5.41) is 8.09. The molecular formula is C11H10N4OS2. The van der Waals surface area contributed by atoms with Crippen LogP contribution in [0.15, 0.2) is 34.2 Å². The number of H-pyrrole nitrogens is 1. The zero-order valence-corrected chi connectivity index (χ0v) is 11.2. The third-order valence-electron chi connectivity index (χ3n) is 2.50. The highest BCUT2D eigenvalue weighted by Gasteiger charge is 2.08. The van der Waals surface area contributed by atoms with Crippen molar-refractivity contribution in [2.45, 2.75) is 10.9 Å². The Balaban J connectivity index is 1.81. The summed E-state index contributed by atoms with van der Waals surface area (Å²) in [4.78, 5) is 15.7. The van der Waals surface area contributed by atoms with E-state index in [4.69, 9.17) is 0 Å². The Kier molecular flexibility index (Phi) is 2.92. The molecule has 0 fully saturated rings. The summed E-state index contributed by atoms with van der Waals surface area (Å²) < 4.78 is 2.68. The molecule has 0 bridgehead atoms. The van der Waals surface area contributed by atoms with Crippen molar-refractivity contribution in [3.8, 4) is 0 Å². The number of nitrogens with zero attached hydrogens (tertiary/aromatic N) is 3. The van der Waals surface area contributed by atoms with Crippen molar-refractivity contribution in [3.05, 3.63) is 39.8 Å². The Bertz CT molecular complexity index is 710. The molecule has 3 rings (SSSR count). The van der Waals surface area contributed by atoms with Gasteiger partial charge in [-0.3, -0.25) is 4.57 Å². The van der Waals surface area contributed by atoms with Crippen LogP contribution in [0.3, 0.4) is 0 Å². The van der Waals surface area contributed by atoms with Crippen molar-refractivity contribution in [1.29, 1.82) is 0 Å². The van der Waals surface area contributed by atoms with Crippen LogP contribution in [-0.4, -0.2) is 19.7 Å². The van der Waals surface area contributed by atoms with Crippen molar-refractivity contribution in [1.82, 2.24) is 19.7 Å². The van der Waals surface area contributed by atoms with Gasteiger partial charge in [-0.1, -0.05) is 23.9 Å². The fourth-order valence-corrected chi connectivity index (χ4v) is 3.45. The highest BCUT2D eigenvalue weighted by Crippen LogP contribution is 2.26. The first-order valence-corrected chi connectivity index (χ1v) is 7.13. The lowest BCUT2D eigenvalue weighted by Gasteiger charge is -1.96. The van der Waals surface area contributed by atoms with Crippen molar-refractivity contribution >= 4 is 33.3 Å². The van der Waals surface area contributed by atoms with Crippen LogP contribution in [0.2, 0.25) is 0 Å². The number of para-hydroxylation sites is 1. The number of nitrogens with one attached hydrogen (secondary N) is 1. The van der Waals surface area contributed by atoms with Gasteiger partial charge in [0, 0.05) is 7.05 Å². The summed E-state index contributed by atoms with van der Waals surface area (Å²) in [6, 6.07) is 8.06. The topological polar surface area (TPSA) is 63.6 Å². The number of benzene rings is 1. The summed E-state index contributed by atoms with van der Waals surface area (Å²) in [7, 11) is 1.70. The van der Waals surface area contributed by atoms with Gasteiger partial charge in [-0.25, -0.2) is 14.9 Å². The van der Waals surface area contributed by atoms with Gasteiger partial charge in [0.1, 0.15) is 5.01 Å². The lowest BCUT2D eigenvalue weighted by Crippen LogP contribution is -2.12. The van der Waals surface area contributed by atoms with Crippen molar-refractivity contribution < 1.29 is 0 Å². The number of aromatic nitrogens is 4. The summed E-state index contributed by atoms with van der Waals surface area (Å²) in [6.45, 7) is 0. The number of thioether (sulfide) groups is 1. The van der Waals surface area contributed by atoms with Crippen LogP contribution in [0.1, 0.15) is 5.01 Å².